The maximum atomic E-state index is 6.28. The van der Waals surface area contributed by atoms with Crippen molar-refractivity contribution < 1.29 is 0 Å². The van der Waals surface area contributed by atoms with Gasteiger partial charge in [0.15, 0.2) is 11.0 Å². The topological polar surface area (TPSA) is 30.7 Å². The van der Waals surface area contributed by atoms with Gasteiger partial charge >= 0.3 is 0 Å². The molecule has 2 aromatic carbocycles. The second kappa shape index (κ2) is 8.26. The maximum Gasteiger partial charge on any atom is 0.191 e. The first-order valence-corrected chi connectivity index (χ1v) is 9.84. The van der Waals surface area contributed by atoms with E-state index < -0.39 is 0 Å². The zero-order chi connectivity index (χ0) is 17.8. The van der Waals surface area contributed by atoms with Crippen LogP contribution in [0.3, 0.4) is 0 Å². The third-order valence-electron chi connectivity index (χ3n) is 3.67. The molecule has 0 unspecified atom stereocenters. The lowest BCUT2D eigenvalue weighted by molar-refractivity contribution is 0.498. The predicted molar refractivity (Wildman–Crippen MR) is 106 cm³/mol. The lowest BCUT2D eigenvalue weighted by Crippen LogP contribution is -2.07. The molecule has 3 nitrogen and oxygen atoms in total. The highest BCUT2D eigenvalue weighted by Gasteiger charge is 2.16. The Bertz CT molecular complexity index is 847. The summed E-state index contributed by atoms with van der Waals surface area (Å²) in [6.07, 6.45) is 0. The van der Waals surface area contributed by atoms with Crippen molar-refractivity contribution in [3.05, 3.63) is 64.1 Å². The molecule has 0 radical (unpaired) electrons. The Balaban J connectivity index is 1.87. The van der Waals surface area contributed by atoms with Crippen LogP contribution in [0.2, 0.25) is 10.0 Å². The summed E-state index contributed by atoms with van der Waals surface area (Å²) < 4.78 is 2.19. The average Bonchev–Trinajstić information content (AvgIpc) is 2.97. The lowest BCUT2D eigenvalue weighted by Gasteiger charge is -2.12. The smallest absolute Gasteiger partial charge is 0.191 e. The van der Waals surface area contributed by atoms with Crippen molar-refractivity contribution in [2.24, 2.45) is 5.92 Å². The van der Waals surface area contributed by atoms with E-state index in [1.807, 2.05) is 30.3 Å². The molecule has 25 heavy (non-hydrogen) atoms. The molecule has 1 heterocycles. The second-order valence-corrected chi connectivity index (χ2v) is 7.99. The van der Waals surface area contributed by atoms with Crippen molar-refractivity contribution in [2.75, 3.05) is 0 Å². The van der Waals surface area contributed by atoms with Crippen LogP contribution < -0.4 is 0 Å². The quantitative estimate of drug-likeness (QED) is 0.468. The van der Waals surface area contributed by atoms with Gasteiger partial charge in [-0.1, -0.05) is 85.2 Å². The summed E-state index contributed by atoms with van der Waals surface area (Å²) in [5.74, 6) is 2.12. The summed E-state index contributed by atoms with van der Waals surface area (Å²) in [6, 6.07) is 15.7. The van der Waals surface area contributed by atoms with Gasteiger partial charge in [-0.15, -0.1) is 10.2 Å². The Kier molecular flexibility index (Phi) is 6.05. The van der Waals surface area contributed by atoms with Gasteiger partial charge in [0.2, 0.25) is 0 Å². The van der Waals surface area contributed by atoms with Crippen molar-refractivity contribution in [2.45, 2.75) is 31.3 Å². The van der Waals surface area contributed by atoms with E-state index in [1.165, 1.54) is 0 Å². The molecule has 0 spiro atoms. The monoisotopic (exact) mass is 391 g/mol. The summed E-state index contributed by atoms with van der Waals surface area (Å²) in [7, 11) is 0. The molecule has 130 valence electrons. The van der Waals surface area contributed by atoms with Gasteiger partial charge in [0.25, 0.3) is 0 Å². The number of hydrogen-bond donors (Lipinski definition) is 0. The summed E-state index contributed by atoms with van der Waals surface area (Å²) in [5, 5.41) is 11.1. The molecule has 3 aromatic rings. The average molecular weight is 392 g/mol. The van der Waals surface area contributed by atoms with Crippen molar-refractivity contribution in [3.8, 4) is 11.4 Å². The maximum absolute atomic E-state index is 6.28. The summed E-state index contributed by atoms with van der Waals surface area (Å²) in [5.41, 5.74) is 2.11. The van der Waals surface area contributed by atoms with E-state index in [0.717, 1.165) is 34.4 Å². The highest BCUT2D eigenvalue weighted by Crippen LogP contribution is 2.30. The first kappa shape index (κ1) is 18.3. The molecule has 0 aliphatic heterocycles. The highest BCUT2D eigenvalue weighted by molar-refractivity contribution is 7.98. The van der Waals surface area contributed by atoms with Crippen molar-refractivity contribution >= 4 is 35.0 Å². The molecule has 0 saturated heterocycles. The van der Waals surface area contributed by atoms with Crippen molar-refractivity contribution in [3.63, 3.8) is 0 Å². The van der Waals surface area contributed by atoms with Crippen molar-refractivity contribution in [1.29, 1.82) is 0 Å². The lowest BCUT2D eigenvalue weighted by atomic mass is 10.2. The third kappa shape index (κ3) is 4.57. The van der Waals surface area contributed by atoms with E-state index in [2.05, 4.69) is 40.7 Å². The minimum atomic E-state index is 0.497. The first-order valence-electron chi connectivity index (χ1n) is 8.10. The van der Waals surface area contributed by atoms with E-state index in [1.54, 1.807) is 17.8 Å². The number of rotatable bonds is 6. The SMILES string of the molecule is CC(C)Cn1c(SCc2ccc(Cl)cc2Cl)nnc1-c1ccccc1. The Morgan fingerprint density at radius 3 is 2.48 bits per heavy atom. The number of benzene rings is 2. The summed E-state index contributed by atoms with van der Waals surface area (Å²) in [6.45, 7) is 5.26. The van der Waals surface area contributed by atoms with Gasteiger partial charge in [0.05, 0.1) is 0 Å². The van der Waals surface area contributed by atoms with Gasteiger partial charge in [-0.2, -0.15) is 0 Å². The highest BCUT2D eigenvalue weighted by atomic mass is 35.5. The molecule has 0 aliphatic carbocycles. The summed E-state index contributed by atoms with van der Waals surface area (Å²) in [4.78, 5) is 0. The Labute approximate surface area is 162 Å². The first-order chi connectivity index (χ1) is 12.0. The Morgan fingerprint density at radius 2 is 1.80 bits per heavy atom. The van der Waals surface area contributed by atoms with Crippen molar-refractivity contribution in [1.82, 2.24) is 14.8 Å². The number of hydrogen-bond acceptors (Lipinski definition) is 3. The van der Waals surface area contributed by atoms with Crippen LogP contribution >= 0.6 is 35.0 Å². The minimum absolute atomic E-state index is 0.497. The fourth-order valence-electron chi connectivity index (χ4n) is 2.51. The van der Waals surface area contributed by atoms with Crippen LogP contribution in [-0.2, 0) is 12.3 Å². The molecule has 3 rings (SSSR count). The minimum Gasteiger partial charge on any atom is -0.302 e. The number of halogens is 2. The van der Waals surface area contributed by atoms with Gasteiger partial charge in [-0.25, -0.2) is 0 Å². The van der Waals surface area contributed by atoms with Crippen LogP contribution in [0.15, 0.2) is 53.7 Å². The standard InChI is InChI=1S/C19H19Cl2N3S/c1-13(2)11-24-18(14-6-4-3-5-7-14)22-23-19(24)25-12-15-8-9-16(20)10-17(15)21/h3-10,13H,11-12H2,1-2H3. The number of aromatic nitrogens is 3. The van der Waals surface area contributed by atoms with Crippen LogP contribution in [-0.4, -0.2) is 14.8 Å². The fraction of sp³-hybridized carbons (Fsp3) is 0.263. The molecule has 0 amide bonds. The van der Waals surface area contributed by atoms with Crippen LogP contribution in [0.25, 0.3) is 11.4 Å². The van der Waals surface area contributed by atoms with E-state index in [-0.39, 0.29) is 0 Å². The van der Waals surface area contributed by atoms with Crippen LogP contribution in [0.5, 0.6) is 0 Å². The predicted octanol–water partition coefficient (Wildman–Crippen LogP) is 6.20. The van der Waals surface area contributed by atoms with Crippen LogP contribution in [0.1, 0.15) is 19.4 Å². The normalized spacial score (nSPS) is 11.2. The summed E-state index contributed by atoms with van der Waals surface area (Å²) >= 11 is 13.9. The molecule has 1 aromatic heterocycles. The molecule has 0 saturated carbocycles. The van der Waals surface area contributed by atoms with Gasteiger partial charge in [-0.3, -0.25) is 0 Å². The molecule has 6 heteroatoms. The zero-order valence-electron chi connectivity index (χ0n) is 14.1. The van der Waals surface area contributed by atoms with Gasteiger partial charge in [0.1, 0.15) is 0 Å². The molecule has 0 N–H and O–H groups in total. The molecule has 0 atom stereocenters. The number of thioether (sulfide) groups is 1. The Morgan fingerprint density at radius 1 is 1.04 bits per heavy atom. The van der Waals surface area contributed by atoms with E-state index in [0.29, 0.717) is 16.0 Å². The van der Waals surface area contributed by atoms with E-state index in [4.69, 9.17) is 23.2 Å². The van der Waals surface area contributed by atoms with Gasteiger partial charge < -0.3 is 4.57 Å². The van der Waals surface area contributed by atoms with Crippen LogP contribution in [0.4, 0.5) is 0 Å². The molecule has 0 fully saturated rings. The van der Waals surface area contributed by atoms with Crippen LogP contribution in [0, 0.1) is 5.92 Å². The fourth-order valence-corrected chi connectivity index (χ4v) is 4.01. The van der Waals surface area contributed by atoms with Gasteiger partial charge in [-0.05, 0) is 23.6 Å². The molecule has 0 aliphatic rings. The zero-order valence-corrected chi connectivity index (χ0v) is 16.4. The van der Waals surface area contributed by atoms with E-state index in [9.17, 15) is 0 Å². The Hall–Kier alpha value is -1.49. The molecular formula is C19H19Cl2N3S. The third-order valence-corrected chi connectivity index (χ3v) is 5.27. The largest absolute Gasteiger partial charge is 0.302 e. The molecular weight excluding hydrogens is 373 g/mol. The second-order valence-electron chi connectivity index (χ2n) is 6.20. The molecule has 0 bridgehead atoms. The van der Waals surface area contributed by atoms with Gasteiger partial charge in [0, 0.05) is 27.9 Å². The van der Waals surface area contributed by atoms with E-state index >= 15 is 0 Å². The number of nitrogens with zero attached hydrogens (tertiary/aromatic N) is 3.